The second kappa shape index (κ2) is 8.64. The molecule has 11 nitrogen and oxygen atoms in total. The maximum Gasteiger partial charge on any atom is 0.337 e. The van der Waals surface area contributed by atoms with Crippen LogP contribution >= 0.6 is 0 Å². The fourth-order valence-electron chi connectivity index (χ4n) is 4.31. The molecule has 33 heavy (non-hydrogen) atoms. The highest BCUT2D eigenvalue weighted by Crippen LogP contribution is 2.36. The summed E-state index contributed by atoms with van der Waals surface area (Å²) in [6.07, 6.45) is 11.1. The number of nitrogens with zero attached hydrogens (tertiary/aromatic N) is 9. The van der Waals surface area contributed by atoms with E-state index in [1.54, 1.807) is 10.9 Å². The van der Waals surface area contributed by atoms with Gasteiger partial charge in [-0.3, -0.25) is 9.36 Å². The molecule has 5 rings (SSSR count). The van der Waals surface area contributed by atoms with E-state index < -0.39 is 0 Å². The molecule has 4 aromatic rings. The van der Waals surface area contributed by atoms with Crippen LogP contribution in [0.2, 0.25) is 0 Å². The highest BCUT2D eigenvalue weighted by atomic mass is 16.5. The minimum atomic E-state index is 0.0645. The van der Waals surface area contributed by atoms with Crippen molar-refractivity contribution in [1.29, 1.82) is 0 Å². The number of pyridine rings is 1. The lowest BCUT2D eigenvalue weighted by Gasteiger charge is -2.29. The second-order valence-electron chi connectivity index (χ2n) is 8.57. The fraction of sp³-hybridized carbons (Fsp3) is 0.455. The van der Waals surface area contributed by atoms with Gasteiger partial charge in [0.2, 0.25) is 0 Å². The van der Waals surface area contributed by atoms with Crippen molar-refractivity contribution in [3.05, 3.63) is 30.9 Å². The third-order valence-corrected chi connectivity index (χ3v) is 6.07. The maximum atomic E-state index is 6.06. The molecule has 1 fully saturated rings. The van der Waals surface area contributed by atoms with Crippen LogP contribution in [0.3, 0.4) is 0 Å². The molecule has 4 heterocycles. The molecule has 172 valence electrons. The van der Waals surface area contributed by atoms with Crippen molar-refractivity contribution < 1.29 is 4.74 Å². The third-order valence-electron chi connectivity index (χ3n) is 6.07. The molecule has 1 N–H and O–H groups in total. The van der Waals surface area contributed by atoms with Crippen molar-refractivity contribution in [2.45, 2.75) is 37.8 Å². The first kappa shape index (κ1) is 21.1. The van der Waals surface area contributed by atoms with Crippen LogP contribution in [0.25, 0.3) is 22.2 Å². The number of anilines is 2. The van der Waals surface area contributed by atoms with E-state index >= 15 is 0 Å². The lowest BCUT2D eigenvalue weighted by Crippen LogP contribution is -2.27. The van der Waals surface area contributed by atoms with Gasteiger partial charge in [0.05, 0.1) is 24.0 Å². The topological polar surface area (TPSA) is 112 Å². The summed E-state index contributed by atoms with van der Waals surface area (Å²) in [6.45, 7) is 0. The molecular weight excluding hydrogens is 420 g/mol. The van der Waals surface area contributed by atoms with Gasteiger partial charge in [0, 0.05) is 57.6 Å². The van der Waals surface area contributed by atoms with Crippen LogP contribution in [-0.2, 0) is 7.05 Å². The van der Waals surface area contributed by atoms with Gasteiger partial charge in [0.25, 0.3) is 0 Å². The number of hydrogen-bond donors (Lipinski definition) is 1. The SMILES string of the molecule is CNc1cc2c(cn1)c(-c1cnn(C)c1)nn2C1CCC(Oc2nncc(N(C)C)n2)CC1. The van der Waals surface area contributed by atoms with Crippen molar-refractivity contribution >= 4 is 22.5 Å². The first-order valence-electron chi connectivity index (χ1n) is 11.1. The number of fused-ring (bicyclic) bond motifs is 1. The maximum absolute atomic E-state index is 6.06. The molecular formula is C22H28N10O. The highest BCUT2D eigenvalue weighted by Gasteiger charge is 2.27. The summed E-state index contributed by atoms with van der Waals surface area (Å²) in [6, 6.07) is 2.67. The number of aromatic nitrogens is 8. The third kappa shape index (κ3) is 4.18. The van der Waals surface area contributed by atoms with Gasteiger partial charge in [0.1, 0.15) is 17.6 Å². The van der Waals surface area contributed by atoms with E-state index in [9.17, 15) is 0 Å². The zero-order valence-electron chi connectivity index (χ0n) is 19.3. The first-order valence-corrected chi connectivity index (χ1v) is 11.1. The second-order valence-corrected chi connectivity index (χ2v) is 8.57. The van der Waals surface area contributed by atoms with Crippen LogP contribution in [0.4, 0.5) is 11.6 Å². The monoisotopic (exact) mass is 448 g/mol. The smallest absolute Gasteiger partial charge is 0.337 e. The standard InChI is InChI=1S/C22H28N10O/c1-23-19-9-18-17(11-24-19)21(14-10-26-31(4)13-14)29-32(18)15-5-7-16(8-6-15)33-22-27-20(30(2)3)12-25-28-22/h9-13,15-16H,5-8H2,1-4H3,(H,23,24). The number of nitrogens with one attached hydrogen (secondary N) is 1. The predicted molar refractivity (Wildman–Crippen MR) is 125 cm³/mol. The van der Waals surface area contributed by atoms with Crippen molar-refractivity contribution in [2.24, 2.45) is 7.05 Å². The Labute approximate surface area is 191 Å². The average molecular weight is 449 g/mol. The van der Waals surface area contributed by atoms with Gasteiger partial charge < -0.3 is 15.0 Å². The molecule has 4 aromatic heterocycles. The van der Waals surface area contributed by atoms with E-state index in [4.69, 9.17) is 9.84 Å². The van der Waals surface area contributed by atoms with Gasteiger partial charge >= 0.3 is 6.01 Å². The predicted octanol–water partition coefficient (Wildman–Crippen LogP) is 2.69. The molecule has 0 amide bonds. The minimum absolute atomic E-state index is 0.0645. The van der Waals surface area contributed by atoms with Gasteiger partial charge in [-0.1, -0.05) is 5.10 Å². The van der Waals surface area contributed by atoms with Gasteiger partial charge in [0.15, 0.2) is 5.82 Å². The van der Waals surface area contributed by atoms with Gasteiger partial charge in [-0.05, 0) is 25.7 Å². The molecule has 0 atom stereocenters. The molecule has 0 saturated heterocycles. The van der Waals surface area contributed by atoms with Crippen LogP contribution in [-0.4, -0.2) is 67.0 Å². The van der Waals surface area contributed by atoms with E-state index in [1.807, 2.05) is 51.7 Å². The zero-order valence-corrected chi connectivity index (χ0v) is 19.3. The quantitative estimate of drug-likeness (QED) is 0.476. The largest absolute Gasteiger partial charge is 0.459 e. The molecule has 1 aliphatic carbocycles. The van der Waals surface area contributed by atoms with Crippen LogP contribution in [0.1, 0.15) is 31.7 Å². The van der Waals surface area contributed by atoms with E-state index in [-0.39, 0.29) is 12.1 Å². The number of ether oxygens (including phenoxy) is 1. The molecule has 1 saturated carbocycles. The zero-order chi connectivity index (χ0) is 22.9. The van der Waals surface area contributed by atoms with Crippen molar-refractivity contribution in [3.63, 3.8) is 0 Å². The molecule has 0 aliphatic heterocycles. The summed E-state index contributed by atoms with van der Waals surface area (Å²) >= 11 is 0. The van der Waals surface area contributed by atoms with Gasteiger partial charge in [-0.25, -0.2) is 4.98 Å². The Balaban J connectivity index is 1.37. The number of rotatable bonds is 6. The normalized spacial score (nSPS) is 18.4. The van der Waals surface area contributed by atoms with Crippen LogP contribution in [0, 0.1) is 0 Å². The minimum Gasteiger partial charge on any atom is -0.459 e. The Hall–Kier alpha value is -3.76. The lowest BCUT2D eigenvalue weighted by atomic mass is 9.93. The number of aryl methyl sites for hydroxylation is 1. The average Bonchev–Trinajstić information content (AvgIpc) is 3.43. The first-order chi connectivity index (χ1) is 16.0. The van der Waals surface area contributed by atoms with Gasteiger partial charge in [-0.15, -0.1) is 0 Å². The summed E-state index contributed by atoms with van der Waals surface area (Å²) in [5.41, 5.74) is 2.97. The molecule has 1 aliphatic rings. The van der Waals surface area contributed by atoms with Crippen molar-refractivity contribution in [1.82, 2.24) is 39.7 Å². The Morgan fingerprint density at radius 3 is 2.64 bits per heavy atom. The summed E-state index contributed by atoms with van der Waals surface area (Å²) in [7, 11) is 7.63. The Morgan fingerprint density at radius 1 is 1.12 bits per heavy atom. The summed E-state index contributed by atoms with van der Waals surface area (Å²) in [4.78, 5) is 10.8. The van der Waals surface area contributed by atoms with Crippen molar-refractivity contribution in [2.75, 3.05) is 31.4 Å². The molecule has 0 radical (unpaired) electrons. The van der Waals surface area contributed by atoms with Crippen LogP contribution in [0.5, 0.6) is 6.01 Å². The van der Waals surface area contributed by atoms with Crippen LogP contribution in [0.15, 0.2) is 30.9 Å². The summed E-state index contributed by atoms with van der Waals surface area (Å²) in [5.74, 6) is 1.55. The van der Waals surface area contributed by atoms with E-state index in [0.29, 0.717) is 6.01 Å². The van der Waals surface area contributed by atoms with E-state index in [2.05, 4.69) is 41.3 Å². The molecule has 0 bridgehead atoms. The highest BCUT2D eigenvalue weighted by molar-refractivity contribution is 5.93. The fourth-order valence-corrected chi connectivity index (χ4v) is 4.31. The van der Waals surface area contributed by atoms with E-state index in [0.717, 1.165) is 59.5 Å². The molecule has 0 spiro atoms. The molecule has 11 heteroatoms. The Morgan fingerprint density at radius 2 is 1.94 bits per heavy atom. The Kier molecular flexibility index (Phi) is 5.53. The lowest BCUT2D eigenvalue weighted by molar-refractivity contribution is 0.119. The summed E-state index contributed by atoms with van der Waals surface area (Å²) < 4.78 is 10.0. The van der Waals surface area contributed by atoms with Gasteiger partial charge in [-0.2, -0.15) is 20.3 Å². The van der Waals surface area contributed by atoms with E-state index in [1.165, 1.54) is 0 Å². The van der Waals surface area contributed by atoms with Crippen LogP contribution < -0.4 is 15.0 Å². The molecule has 0 aromatic carbocycles. The summed E-state index contributed by atoms with van der Waals surface area (Å²) in [5, 5.41) is 21.6. The number of hydrogen-bond acceptors (Lipinski definition) is 9. The van der Waals surface area contributed by atoms with Crippen molar-refractivity contribution in [3.8, 4) is 17.3 Å². The molecule has 0 unspecified atom stereocenters. The Bertz CT molecular complexity index is 1260.